The van der Waals surface area contributed by atoms with Gasteiger partial charge >= 0.3 is 0 Å². The highest BCUT2D eigenvalue weighted by atomic mass is 15.5. The van der Waals surface area contributed by atoms with Crippen molar-refractivity contribution < 1.29 is 0 Å². The maximum absolute atomic E-state index is 4.30. The lowest BCUT2D eigenvalue weighted by Crippen LogP contribution is -2.46. The van der Waals surface area contributed by atoms with E-state index in [1.54, 1.807) is 12.4 Å². The van der Waals surface area contributed by atoms with Gasteiger partial charge in [0.25, 0.3) is 0 Å². The minimum atomic E-state index is 0.802. The average molecular weight is 288 g/mol. The Hall–Kier alpha value is -2.09. The second kappa shape index (κ2) is 6.57. The molecule has 1 aliphatic rings. The lowest BCUT2D eigenvalue weighted by Gasteiger charge is -2.34. The number of piperazine rings is 1. The highest BCUT2D eigenvalue weighted by Gasteiger charge is 2.20. The smallest absolute Gasteiger partial charge is 0.225 e. The van der Waals surface area contributed by atoms with E-state index in [4.69, 9.17) is 0 Å². The molecule has 8 heteroatoms. The first-order valence-corrected chi connectivity index (χ1v) is 7.36. The van der Waals surface area contributed by atoms with Crippen LogP contribution >= 0.6 is 0 Å². The van der Waals surface area contributed by atoms with Gasteiger partial charge in [-0.15, -0.1) is 5.10 Å². The van der Waals surface area contributed by atoms with Crippen molar-refractivity contribution in [3.63, 3.8) is 0 Å². The summed E-state index contributed by atoms with van der Waals surface area (Å²) in [5, 5.41) is 11.9. The van der Waals surface area contributed by atoms with Crippen LogP contribution in [0.2, 0.25) is 0 Å². The van der Waals surface area contributed by atoms with Gasteiger partial charge in [-0.1, -0.05) is 6.92 Å². The number of anilines is 1. The largest absolute Gasteiger partial charge is 0.338 e. The van der Waals surface area contributed by atoms with Crippen LogP contribution in [-0.2, 0) is 13.1 Å². The van der Waals surface area contributed by atoms with Gasteiger partial charge < -0.3 is 4.90 Å². The Labute approximate surface area is 123 Å². The Morgan fingerprint density at radius 1 is 1.10 bits per heavy atom. The van der Waals surface area contributed by atoms with Gasteiger partial charge in [0.05, 0.1) is 6.54 Å². The molecule has 112 valence electrons. The number of tetrazole rings is 1. The lowest BCUT2D eigenvalue weighted by molar-refractivity contribution is 0.238. The Kier molecular flexibility index (Phi) is 4.34. The number of nitrogens with zero attached hydrogens (tertiary/aromatic N) is 8. The standard InChI is InChI=1S/C13H20N8/c1-2-6-21-12(16-17-18-21)11-19-7-9-20(10-8-19)13-14-4-3-5-15-13/h3-5H,2,6-11H2,1H3. The monoisotopic (exact) mass is 288 g/mol. The SMILES string of the molecule is CCCn1nnnc1CN1CCN(c2ncccn2)CC1. The molecule has 0 spiro atoms. The Morgan fingerprint density at radius 2 is 1.86 bits per heavy atom. The molecular weight excluding hydrogens is 268 g/mol. The molecule has 1 aliphatic heterocycles. The third-order valence-electron chi connectivity index (χ3n) is 3.61. The van der Waals surface area contributed by atoms with Crippen LogP contribution in [0.25, 0.3) is 0 Å². The second-order valence-corrected chi connectivity index (χ2v) is 5.13. The van der Waals surface area contributed by atoms with Crippen molar-refractivity contribution in [3.05, 3.63) is 24.3 Å². The fourth-order valence-electron chi connectivity index (χ4n) is 2.48. The summed E-state index contributed by atoms with van der Waals surface area (Å²) in [4.78, 5) is 13.2. The Morgan fingerprint density at radius 3 is 2.57 bits per heavy atom. The van der Waals surface area contributed by atoms with E-state index in [-0.39, 0.29) is 0 Å². The zero-order valence-electron chi connectivity index (χ0n) is 12.3. The van der Waals surface area contributed by atoms with Gasteiger partial charge in [0.2, 0.25) is 5.95 Å². The van der Waals surface area contributed by atoms with Gasteiger partial charge in [0.1, 0.15) is 0 Å². The zero-order valence-corrected chi connectivity index (χ0v) is 12.3. The fourth-order valence-corrected chi connectivity index (χ4v) is 2.48. The number of rotatable bonds is 5. The molecule has 0 amide bonds. The topological polar surface area (TPSA) is 75.9 Å². The molecule has 0 aliphatic carbocycles. The van der Waals surface area contributed by atoms with Crippen molar-refractivity contribution in [2.24, 2.45) is 0 Å². The highest BCUT2D eigenvalue weighted by molar-refractivity contribution is 5.29. The second-order valence-electron chi connectivity index (χ2n) is 5.13. The van der Waals surface area contributed by atoms with Crippen molar-refractivity contribution in [2.45, 2.75) is 26.4 Å². The minimum absolute atomic E-state index is 0.802. The van der Waals surface area contributed by atoms with Crippen LogP contribution in [0.1, 0.15) is 19.2 Å². The zero-order chi connectivity index (χ0) is 14.5. The van der Waals surface area contributed by atoms with E-state index in [1.807, 2.05) is 10.7 Å². The summed E-state index contributed by atoms with van der Waals surface area (Å²) >= 11 is 0. The van der Waals surface area contributed by atoms with Gasteiger partial charge in [-0.05, 0) is 22.9 Å². The molecule has 1 fully saturated rings. The molecule has 0 bridgehead atoms. The van der Waals surface area contributed by atoms with E-state index in [0.717, 1.165) is 57.5 Å². The first kappa shape index (κ1) is 13.9. The first-order valence-electron chi connectivity index (χ1n) is 7.36. The van der Waals surface area contributed by atoms with Crippen molar-refractivity contribution in [1.82, 2.24) is 35.1 Å². The Bertz CT molecular complexity index is 546. The third-order valence-corrected chi connectivity index (χ3v) is 3.61. The molecule has 3 heterocycles. The normalized spacial score (nSPS) is 16.3. The number of hydrogen-bond donors (Lipinski definition) is 0. The highest BCUT2D eigenvalue weighted by Crippen LogP contribution is 2.11. The third kappa shape index (κ3) is 3.33. The van der Waals surface area contributed by atoms with Crippen LogP contribution < -0.4 is 4.90 Å². The van der Waals surface area contributed by atoms with Gasteiger partial charge in [0.15, 0.2) is 5.82 Å². The fraction of sp³-hybridized carbons (Fsp3) is 0.615. The average Bonchev–Trinajstić information content (AvgIpc) is 2.96. The van der Waals surface area contributed by atoms with Crippen LogP contribution in [0.4, 0.5) is 5.95 Å². The summed E-state index contributed by atoms with van der Waals surface area (Å²) in [5.74, 6) is 1.76. The maximum Gasteiger partial charge on any atom is 0.225 e. The first-order chi connectivity index (χ1) is 10.4. The molecule has 2 aromatic rings. The summed E-state index contributed by atoms with van der Waals surface area (Å²) in [7, 11) is 0. The molecule has 0 unspecified atom stereocenters. The molecule has 0 radical (unpaired) electrons. The summed E-state index contributed by atoms with van der Waals surface area (Å²) in [5.41, 5.74) is 0. The van der Waals surface area contributed by atoms with Gasteiger partial charge in [0, 0.05) is 45.1 Å². The van der Waals surface area contributed by atoms with Gasteiger partial charge in [-0.25, -0.2) is 14.6 Å². The lowest BCUT2D eigenvalue weighted by atomic mass is 10.3. The Balaban J connectivity index is 1.55. The van der Waals surface area contributed by atoms with Crippen LogP contribution in [0.3, 0.4) is 0 Å². The van der Waals surface area contributed by atoms with Crippen molar-refractivity contribution in [2.75, 3.05) is 31.1 Å². The molecule has 0 N–H and O–H groups in total. The molecule has 2 aromatic heterocycles. The van der Waals surface area contributed by atoms with Gasteiger partial charge in [-0.2, -0.15) is 0 Å². The van der Waals surface area contributed by atoms with E-state index in [0.29, 0.717) is 0 Å². The van der Waals surface area contributed by atoms with Crippen LogP contribution in [0.15, 0.2) is 18.5 Å². The molecule has 0 aromatic carbocycles. The number of hydrogen-bond acceptors (Lipinski definition) is 7. The quantitative estimate of drug-likeness (QED) is 0.777. The summed E-state index contributed by atoms with van der Waals surface area (Å²) in [6.45, 7) is 7.61. The molecule has 8 nitrogen and oxygen atoms in total. The van der Waals surface area contributed by atoms with E-state index < -0.39 is 0 Å². The number of aryl methyl sites for hydroxylation is 1. The molecule has 1 saturated heterocycles. The van der Waals surface area contributed by atoms with E-state index in [9.17, 15) is 0 Å². The van der Waals surface area contributed by atoms with E-state index >= 15 is 0 Å². The molecule has 21 heavy (non-hydrogen) atoms. The predicted molar refractivity (Wildman–Crippen MR) is 77.6 cm³/mol. The van der Waals surface area contributed by atoms with Crippen LogP contribution in [0.5, 0.6) is 0 Å². The van der Waals surface area contributed by atoms with E-state index in [1.165, 1.54) is 0 Å². The molecule has 0 atom stereocenters. The molecule has 3 rings (SSSR count). The van der Waals surface area contributed by atoms with Crippen molar-refractivity contribution in [1.29, 1.82) is 0 Å². The maximum atomic E-state index is 4.30. The van der Waals surface area contributed by atoms with Gasteiger partial charge in [-0.3, -0.25) is 4.90 Å². The van der Waals surface area contributed by atoms with Crippen LogP contribution in [-0.4, -0.2) is 61.3 Å². The van der Waals surface area contributed by atoms with Crippen molar-refractivity contribution in [3.8, 4) is 0 Å². The molecular formula is C13H20N8. The minimum Gasteiger partial charge on any atom is -0.338 e. The summed E-state index contributed by atoms with van der Waals surface area (Å²) in [6, 6.07) is 1.84. The van der Waals surface area contributed by atoms with E-state index in [2.05, 4.69) is 42.2 Å². The predicted octanol–water partition coefficient (Wildman–Crippen LogP) is 0.195. The molecule has 0 saturated carbocycles. The number of aromatic nitrogens is 6. The summed E-state index contributed by atoms with van der Waals surface area (Å²) in [6.07, 6.45) is 4.61. The summed E-state index contributed by atoms with van der Waals surface area (Å²) < 4.78 is 1.90. The van der Waals surface area contributed by atoms with Crippen molar-refractivity contribution >= 4 is 5.95 Å². The van der Waals surface area contributed by atoms with Crippen LogP contribution in [0, 0.1) is 0 Å².